The van der Waals surface area contributed by atoms with Crippen LogP contribution in [0.25, 0.3) is 0 Å². The first-order valence-corrected chi connectivity index (χ1v) is 8.11. The van der Waals surface area contributed by atoms with Crippen LogP contribution in [0.3, 0.4) is 0 Å². The van der Waals surface area contributed by atoms with Crippen LogP contribution in [0.2, 0.25) is 0 Å². The number of allylic oxidation sites excluding steroid dienone is 2. The largest absolute Gasteiger partial charge is 0.481 e. The Kier molecular flexibility index (Phi) is 2.75. The molecule has 2 nitrogen and oxygen atoms in total. The van der Waals surface area contributed by atoms with Crippen molar-refractivity contribution in [2.45, 2.75) is 51.4 Å². The second kappa shape index (κ2) is 4.36. The van der Waals surface area contributed by atoms with E-state index in [1.54, 1.807) is 5.57 Å². The molecular weight excluding hydrogens is 236 g/mol. The van der Waals surface area contributed by atoms with Gasteiger partial charge in [-0.05, 0) is 80.5 Å². The predicted molar refractivity (Wildman–Crippen MR) is 73.6 cm³/mol. The first kappa shape index (κ1) is 12.0. The van der Waals surface area contributed by atoms with E-state index in [-0.39, 0.29) is 0 Å². The monoisotopic (exact) mass is 260 g/mol. The lowest BCUT2D eigenvalue weighted by Gasteiger charge is -2.55. The molecule has 0 aromatic rings. The minimum absolute atomic E-state index is 0.324. The zero-order valence-electron chi connectivity index (χ0n) is 11.6. The lowest BCUT2D eigenvalue weighted by Crippen LogP contribution is -2.45. The first-order valence-electron chi connectivity index (χ1n) is 8.11. The topological polar surface area (TPSA) is 37.3 Å². The maximum Gasteiger partial charge on any atom is 0.303 e. The van der Waals surface area contributed by atoms with Crippen LogP contribution in [0.4, 0.5) is 0 Å². The van der Waals surface area contributed by atoms with E-state index in [0.29, 0.717) is 12.3 Å². The van der Waals surface area contributed by atoms with E-state index in [2.05, 4.69) is 6.08 Å². The van der Waals surface area contributed by atoms with E-state index < -0.39 is 5.97 Å². The van der Waals surface area contributed by atoms with Gasteiger partial charge in [0.05, 0.1) is 6.42 Å². The van der Waals surface area contributed by atoms with Gasteiger partial charge in [0.15, 0.2) is 0 Å². The van der Waals surface area contributed by atoms with Crippen molar-refractivity contribution in [1.82, 2.24) is 0 Å². The van der Waals surface area contributed by atoms with Crippen LogP contribution in [-0.2, 0) is 4.79 Å². The van der Waals surface area contributed by atoms with Crippen molar-refractivity contribution < 1.29 is 9.90 Å². The summed E-state index contributed by atoms with van der Waals surface area (Å²) < 4.78 is 0. The molecule has 0 spiro atoms. The fourth-order valence-electron chi connectivity index (χ4n) is 6.02. The highest BCUT2D eigenvalue weighted by molar-refractivity contribution is 5.67. The Balaban J connectivity index is 1.52. The Morgan fingerprint density at radius 3 is 2.32 bits per heavy atom. The predicted octanol–water partition coefficient (Wildman–Crippen LogP) is 3.87. The van der Waals surface area contributed by atoms with Gasteiger partial charge in [-0.3, -0.25) is 4.79 Å². The van der Waals surface area contributed by atoms with E-state index in [9.17, 15) is 4.79 Å². The minimum atomic E-state index is -0.632. The number of hydrogen-bond acceptors (Lipinski definition) is 1. The molecule has 2 heteroatoms. The van der Waals surface area contributed by atoms with Gasteiger partial charge in [-0.1, -0.05) is 11.6 Å². The minimum Gasteiger partial charge on any atom is -0.481 e. The number of carbonyl (C=O) groups is 1. The van der Waals surface area contributed by atoms with Crippen molar-refractivity contribution in [2.24, 2.45) is 35.5 Å². The summed E-state index contributed by atoms with van der Waals surface area (Å²) in [7, 11) is 0. The molecule has 1 atom stereocenters. The summed E-state index contributed by atoms with van der Waals surface area (Å²) in [6.07, 6.45) is 12.4. The molecule has 1 N–H and O–H groups in total. The van der Waals surface area contributed by atoms with E-state index >= 15 is 0 Å². The van der Waals surface area contributed by atoms with E-state index in [1.165, 1.54) is 38.5 Å². The van der Waals surface area contributed by atoms with Gasteiger partial charge in [-0.15, -0.1) is 0 Å². The number of carboxylic acids is 1. The summed E-state index contributed by atoms with van der Waals surface area (Å²) >= 11 is 0. The molecule has 0 saturated heterocycles. The summed E-state index contributed by atoms with van der Waals surface area (Å²) in [6.45, 7) is 0. The lowest BCUT2D eigenvalue weighted by atomic mass is 9.50. The molecule has 4 bridgehead atoms. The van der Waals surface area contributed by atoms with Crippen LogP contribution < -0.4 is 0 Å². The fourth-order valence-corrected chi connectivity index (χ4v) is 6.02. The lowest BCUT2D eigenvalue weighted by molar-refractivity contribution is -0.137. The highest BCUT2D eigenvalue weighted by Crippen LogP contribution is 2.59. The van der Waals surface area contributed by atoms with Gasteiger partial charge < -0.3 is 5.11 Å². The molecular formula is C17H24O2. The van der Waals surface area contributed by atoms with Gasteiger partial charge >= 0.3 is 5.97 Å². The molecule has 5 aliphatic carbocycles. The van der Waals surface area contributed by atoms with Crippen molar-refractivity contribution in [2.75, 3.05) is 0 Å². The molecule has 104 valence electrons. The quantitative estimate of drug-likeness (QED) is 0.782. The SMILES string of the molecule is O=C(O)CC1C=C(C2C3CC4CC(C3)CC2C4)CC1. The molecule has 0 aromatic heterocycles. The van der Waals surface area contributed by atoms with Crippen molar-refractivity contribution in [1.29, 1.82) is 0 Å². The van der Waals surface area contributed by atoms with Gasteiger partial charge in [0.25, 0.3) is 0 Å². The van der Waals surface area contributed by atoms with Gasteiger partial charge in [-0.2, -0.15) is 0 Å². The summed E-state index contributed by atoms with van der Waals surface area (Å²) in [5.41, 5.74) is 1.65. The maximum atomic E-state index is 10.9. The molecule has 5 rings (SSSR count). The molecule has 4 fully saturated rings. The van der Waals surface area contributed by atoms with Crippen LogP contribution in [0.1, 0.15) is 51.4 Å². The number of rotatable bonds is 3. The molecule has 0 aromatic carbocycles. The third-order valence-electron chi connectivity index (χ3n) is 6.35. The van der Waals surface area contributed by atoms with E-state index in [1.807, 2.05) is 0 Å². The van der Waals surface area contributed by atoms with Crippen molar-refractivity contribution >= 4 is 5.97 Å². The summed E-state index contributed by atoms with van der Waals surface area (Å²) in [5, 5.41) is 8.94. The number of hydrogen-bond donors (Lipinski definition) is 1. The zero-order valence-corrected chi connectivity index (χ0v) is 11.6. The van der Waals surface area contributed by atoms with Crippen LogP contribution in [-0.4, -0.2) is 11.1 Å². The third kappa shape index (κ3) is 2.04. The molecule has 0 aliphatic heterocycles. The Morgan fingerprint density at radius 1 is 1.11 bits per heavy atom. The van der Waals surface area contributed by atoms with Gasteiger partial charge in [0.1, 0.15) is 0 Å². The molecule has 1 unspecified atom stereocenters. The van der Waals surface area contributed by atoms with Crippen LogP contribution in [0.15, 0.2) is 11.6 Å². The van der Waals surface area contributed by atoms with Crippen molar-refractivity contribution in [3.8, 4) is 0 Å². The van der Waals surface area contributed by atoms with Crippen LogP contribution in [0.5, 0.6) is 0 Å². The normalized spacial score (nSPS) is 47.5. The number of carboxylic acid groups (broad SMARTS) is 1. The highest BCUT2D eigenvalue weighted by atomic mass is 16.4. The molecule has 0 radical (unpaired) electrons. The number of aliphatic carboxylic acids is 1. The highest BCUT2D eigenvalue weighted by Gasteiger charge is 2.49. The standard InChI is InChI=1S/C17H24O2/c18-16(19)9-10-1-2-13(4-10)17-14-5-11-3-12(7-14)8-15(17)6-11/h4,10-12,14-15,17H,1-3,5-9H2,(H,18,19). The Labute approximate surface area is 115 Å². The fraction of sp³-hybridized carbons (Fsp3) is 0.824. The second-order valence-electron chi connectivity index (χ2n) is 7.59. The molecule has 0 heterocycles. The van der Waals surface area contributed by atoms with Crippen LogP contribution in [0, 0.1) is 35.5 Å². The van der Waals surface area contributed by atoms with E-state index in [4.69, 9.17) is 5.11 Å². The second-order valence-corrected chi connectivity index (χ2v) is 7.59. The van der Waals surface area contributed by atoms with Crippen LogP contribution >= 0.6 is 0 Å². The van der Waals surface area contributed by atoms with E-state index in [0.717, 1.165) is 36.0 Å². The Morgan fingerprint density at radius 2 is 1.74 bits per heavy atom. The third-order valence-corrected chi connectivity index (χ3v) is 6.35. The summed E-state index contributed by atoms with van der Waals surface area (Å²) in [6, 6.07) is 0. The van der Waals surface area contributed by atoms with Crippen molar-refractivity contribution in [3.05, 3.63) is 11.6 Å². The molecule has 0 amide bonds. The Bertz CT molecular complexity index is 395. The summed E-state index contributed by atoms with van der Waals surface area (Å²) in [5.74, 6) is 4.51. The zero-order chi connectivity index (χ0) is 13.0. The molecule has 19 heavy (non-hydrogen) atoms. The van der Waals surface area contributed by atoms with Crippen molar-refractivity contribution in [3.63, 3.8) is 0 Å². The van der Waals surface area contributed by atoms with Gasteiger partial charge in [-0.25, -0.2) is 0 Å². The maximum absolute atomic E-state index is 10.9. The first-order chi connectivity index (χ1) is 9.19. The van der Waals surface area contributed by atoms with Gasteiger partial charge in [0.2, 0.25) is 0 Å². The average molecular weight is 260 g/mol. The molecule has 5 aliphatic rings. The Hall–Kier alpha value is -0.790. The van der Waals surface area contributed by atoms with Gasteiger partial charge in [0, 0.05) is 0 Å². The smallest absolute Gasteiger partial charge is 0.303 e. The molecule has 4 saturated carbocycles. The average Bonchev–Trinajstić information content (AvgIpc) is 2.75. The summed E-state index contributed by atoms with van der Waals surface area (Å²) in [4.78, 5) is 10.9.